The van der Waals surface area contributed by atoms with E-state index >= 15 is 0 Å². The third-order valence-electron chi connectivity index (χ3n) is 5.46. The van der Waals surface area contributed by atoms with E-state index in [-0.39, 0.29) is 18.1 Å². The van der Waals surface area contributed by atoms with Crippen LogP contribution < -0.4 is 10.9 Å². The predicted octanol–water partition coefficient (Wildman–Crippen LogP) is 1.65. The minimum absolute atomic E-state index is 0.0538. The lowest BCUT2D eigenvalue weighted by Gasteiger charge is -2.34. The molecule has 1 unspecified atom stereocenters. The first-order valence-electron chi connectivity index (χ1n) is 8.82. The number of aryl methyl sites for hydroxylation is 1. The van der Waals surface area contributed by atoms with Gasteiger partial charge in [0.15, 0.2) is 0 Å². The highest BCUT2D eigenvalue weighted by Gasteiger charge is 2.31. The fourth-order valence-corrected chi connectivity index (χ4v) is 3.41. The minimum Gasteiger partial charge on any atom is -0.379 e. The Kier molecular flexibility index (Phi) is 5.23. The summed E-state index contributed by atoms with van der Waals surface area (Å²) in [6, 6.07) is 3.59. The molecule has 1 saturated heterocycles. The number of nitrogens with zero attached hydrogens (tertiary/aromatic N) is 2. The van der Waals surface area contributed by atoms with E-state index < -0.39 is 0 Å². The number of nitrogens with one attached hydrogen (secondary N) is 1. The number of ether oxygens (including phenoxy) is 1. The molecule has 24 heavy (non-hydrogen) atoms. The Balaban J connectivity index is 1.59. The van der Waals surface area contributed by atoms with Gasteiger partial charge < -0.3 is 19.5 Å². The maximum Gasteiger partial charge on any atom is 0.317 e. The fraction of sp³-hybridized carbons (Fsp3) is 0.667. The molecular formula is C18H27N3O3. The lowest BCUT2D eigenvalue weighted by molar-refractivity contribution is 0.0775. The number of hydrogen-bond acceptors (Lipinski definition) is 3. The summed E-state index contributed by atoms with van der Waals surface area (Å²) >= 11 is 0. The van der Waals surface area contributed by atoms with E-state index in [0.717, 1.165) is 18.8 Å². The van der Waals surface area contributed by atoms with E-state index in [2.05, 4.69) is 5.32 Å². The zero-order valence-electron chi connectivity index (χ0n) is 14.6. The molecular weight excluding hydrogens is 306 g/mol. The molecule has 2 aliphatic rings. The summed E-state index contributed by atoms with van der Waals surface area (Å²) in [5.41, 5.74) is 1.46. The smallest absolute Gasteiger partial charge is 0.317 e. The van der Waals surface area contributed by atoms with Gasteiger partial charge in [0.25, 0.3) is 5.56 Å². The van der Waals surface area contributed by atoms with Crippen molar-refractivity contribution in [1.82, 2.24) is 14.8 Å². The van der Waals surface area contributed by atoms with E-state index in [4.69, 9.17) is 4.74 Å². The Bertz CT molecular complexity index is 651. The largest absolute Gasteiger partial charge is 0.379 e. The molecule has 2 heterocycles. The van der Waals surface area contributed by atoms with Gasteiger partial charge in [0.1, 0.15) is 0 Å². The number of pyridine rings is 1. The van der Waals surface area contributed by atoms with Crippen molar-refractivity contribution in [2.24, 2.45) is 18.9 Å². The van der Waals surface area contributed by atoms with Gasteiger partial charge >= 0.3 is 6.03 Å². The van der Waals surface area contributed by atoms with Gasteiger partial charge in [0, 0.05) is 43.9 Å². The van der Waals surface area contributed by atoms with Gasteiger partial charge in [-0.25, -0.2) is 4.79 Å². The van der Waals surface area contributed by atoms with Gasteiger partial charge in [0.2, 0.25) is 0 Å². The van der Waals surface area contributed by atoms with Crippen molar-refractivity contribution in [3.05, 3.63) is 33.7 Å². The van der Waals surface area contributed by atoms with Crippen LogP contribution in [0.3, 0.4) is 0 Å². The lowest BCUT2D eigenvalue weighted by atomic mass is 9.76. The molecule has 0 aromatic carbocycles. The fourth-order valence-electron chi connectivity index (χ4n) is 3.41. The van der Waals surface area contributed by atoms with Crippen molar-refractivity contribution in [1.29, 1.82) is 0 Å². The third kappa shape index (κ3) is 3.64. The molecule has 1 aromatic rings. The topological polar surface area (TPSA) is 63.6 Å². The molecule has 0 spiro atoms. The molecule has 1 aromatic heterocycles. The van der Waals surface area contributed by atoms with Crippen LogP contribution in [0.25, 0.3) is 0 Å². The monoisotopic (exact) mass is 333 g/mol. The maximum absolute atomic E-state index is 12.5. The van der Waals surface area contributed by atoms with Gasteiger partial charge in [0.05, 0.1) is 13.2 Å². The summed E-state index contributed by atoms with van der Waals surface area (Å²) in [6.07, 6.45) is 3.80. The van der Waals surface area contributed by atoms with E-state index in [1.54, 1.807) is 17.7 Å². The second-order valence-corrected chi connectivity index (χ2v) is 6.99. The third-order valence-corrected chi connectivity index (χ3v) is 5.46. The summed E-state index contributed by atoms with van der Waals surface area (Å²) in [4.78, 5) is 26.6. The number of aromatic nitrogens is 1. The highest BCUT2D eigenvalue weighted by atomic mass is 16.5. The van der Waals surface area contributed by atoms with Crippen molar-refractivity contribution in [3.8, 4) is 0 Å². The number of rotatable bonds is 3. The number of carbonyl (C=O) groups excluding carboxylic acids is 1. The highest BCUT2D eigenvalue weighted by molar-refractivity contribution is 5.74. The van der Waals surface area contributed by atoms with Crippen LogP contribution in [0, 0.1) is 18.8 Å². The molecule has 2 fully saturated rings. The Morgan fingerprint density at radius 2 is 2.12 bits per heavy atom. The van der Waals surface area contributed by atoms with Crippen LogP contribution in [0.15, 0.2) is 16.9 Å². The van der Waals surface area contributed by atoms with Gasteiger partial charge in [-0.3, -0.25) is 4.79 Å². The number of urea groups is 1. The average Bonchev–Trinajstić information content (AvgIpc) is 2.76. The SMILES string of the molecule is Cc1ccc(CNC(=O)N2CCOCC(C3CCC3)C2)c(=O)n1C. The van der Waals surface area contributed by atoms with Crippen molar-refractivity contribution in [3.63, 3.8) is 0 Å². The molecule has 132 valence electrons. The van der Waals surface area contributed by atoms with Crippen LogP contribution in [0.2, 0.25) is 0 Å². The summed E-state index contributed by atoms with van der Waals surface area (Å²) in [6.45, 7) is 4.86. The molecule has 1 N–H and O–H groups in total. The van der Waals surface area contributed by atoms with Crippen LogP contribution in [0.5, 0.6) is 0 Å². The quantitative estimate of drug-likeness (QED) is 0.915. The molecule has 2 amide bonds. The average molecular weight is 333 g/mol. The van der Waals surface area contributed by atoms with Crippen LogP contribution in [-0.2, 0) is 18.3 Å². The Labute approximate surface area is 142 Å². The molecule has 6 heteroatoms. The maximum atomic E-state index is 12.5. The van der Waals surface area contributed by atoms with Gasteiger partial charge in [-0.1, -0.05) is 25.3 Å². The normalized spacial score (nSPS) is 21.9. The Morgan fingerprint density at radius 1 is 1.33 bits per heavy atom. The summed E-state index contributed by atoms with van der Waals surface area (Å²) < 4.78 is 7.29. The number of hydrogen-bond donors (Lipinski definition) is 1. The van der Waals surface area contributed by atoms with E-state index in [0.29, 0.717) is 30.6 Å². The van der Waals surface area contributed by atoms with E-state index in [9.17, 15) is 9.59 Å². The standard InChI is InChI=1S/C18H27N3O3/c1-13-6-7-15(17(22)20(13)2)10-19-18(23)21-8-9-24-12-16(11-21)14-4-3-5-14/h6-7,14,16H,3-5,8-12H2,1-2H3,(H,19,23). The molecule has 6 nitrogen and oxygen atoms in total. The molecule has 1 saturated carbocycles. The second kappa shape index (κ2) is 7.38. The molecule has 1 aliphatic heterocycles. The zero-order valence-corrected chi connectivity index (χ0v) is 14.6. The Hall–Kier alpha value is -1.82. The Morgan fingerprint density at radius 3 is 2.83 bits per heavy atom. The van der Waals surface area contributed by atoms with Crippen LogP contribution >= 0.6 is 0 Å². The van der Waals surface area contributed by atoms with Crippen LogP contribution in [-0.4, -0.2) is 41.8 Å². The van der Waals surface area contributed by atoms with Crippen LogP contribution in [0.1, 0.15) is 30.5 Å². The second-order valence-electron chi connectivity index (χ2n) is 6.99. The first-order chi connectivity index (χ1) is 11.6. The zero-order chi connectivity index (χ0) is 17.1. The van der Waals surface area contributed by atoms with Gasteiger partial charge in [-0.05, 0) is 18.9 Å². The van der Waals surface area contributed by atoms with Gasteiger partial charge in [-0.2, -0.15) is 0 Å². The molecule has 0 bridgehead atoms. The highest BCUT2D eigenvalue weighted by Crippen LogP contribution is 2.34. The minimum atomic E-state index is -0.104. The predicted molar refractivity (Wildman–Crippen MR) is 91.9 cm³/mol. The van der Waals surface area contributed by atoms with Crippen molar-refractivity contribution in [2.45, 2.75) is 32.7 Å². The first-order valence-corrected chi connectivity index (χ1v) is 8.82. The molecule has 3 rings (SSSR count). The summed E-state index contributed by atoms with van der Waals surface area (Å²) in [7, 11) is 1.75. The van der Waals surface area contributed by atoms with Crippen LogP contribution in [0.4, 0.5) is 4.79 Å². The van der Waals surface area contributed by atoms with Crippen molar-refractivity contribution in [2.75, 3.05) is 26.3 Å². The summed E-state index contributed by atoms with van der Waals surface area (Å²) in [5, 5.41) is 2.90. The molecule has 1 atom stereocenters. The summed E-state index contributed by atoms with van der Waals surface area (Å²) in [5.74, 6) is 1.14. The first kappa shape index (κ1) is 17.0. The molecule has 1 aliphatic carbocycles. The van der Waals surface area contributed by atoms with E-state index in [1.165, 1.54) is 19.3 Å². The lowest BCUT2D eigenvalue weighted by Crippen LogP contribution is -2.44. The van der Waals surface area contributed by atoms with Crippen molar-refractivity contribution < 1.29 is 9.53 Å². The van der Waals surface area contributed by atoms with Crippen molar-refractivity contribution >= 4 is 6.03 Å². The van der Waals surface area contributed by atoms with E-state index in [1.807, 2.05) is 17.9 Å². The number of amides is 2. The van der Waals surface area contributed by atoms with Gasteiger partial charge in [-0.15, -0.1) is 0 Å². The number of carbonyl (C=O) groups is 1. The molecule has 0 radical (unpaired) electrons.